The molecule has 0 aromatic carbocycles. The average Bonchev–Trinajstić information content (AvgIpc) is 3.33. The number of aromatic nitrogens is 5. The molecule has 1 saturated heterocycles. The van der Waals surface area contributed by atoms with Gasteiger partial charge >= 0.3 is 0 Å². The Hall–Kier alpha value is -2.68. The van der Waals surface area contributed by atoms with E-state index in [-0.39, 0.29) is 11.9 Å². The van der Waals surface area contributed by atoms with Gasteiger partial charge in [0, 0.05) is 30.1 Å². The lowest BCUT2D eigenvalue weighted by molar-refractivity contribution is -0.129. The first-order valence-corrected chi connectivity index (χ1v) is 9.37. The number of carbonyl (C=O) groups excluding carboxylic acids is 1. The number of hydrogen-bond acceptors (Lipinski definition) is 7. The summed E-state index contributed by atoms with van der Waals surface area (Å²) in [6.45, 7) is 5.49. The summed E-state index contributed by atoms with van der Waals surface area (Å²) in [5.41, 5.74) is 2.72. The number of hydrogen-bond donors (Lipinski definition) is 0. The molecule has 0 radical (unpaired) electrons. The van der Waals surface area contributed by atoms with Gasteiger partial charge in [0.2, 0.25) is 11.7 Å². The maximum Gasteiger partial charge on any atom is 0.250 e. The molecule has 1 amide bonds. The average molecular weight is 370 g/mol. The molecule has 3 aromatic rings. The van der Waals surface area contributed by atoms with E-state index < -0.39 is 0 Å². The molecule has 9 heteroatoms. The highest BCUT2D eigenvalue weighted by atomic mass is 32.2. The van der Waals surface area contributed by atoms with Crippen LogP contribution in [0, 0.1) is 13.8 Å². The van der Waals surface area contributed by atoms with Crippen LogP contribution in [-0.4, -0.2) is 47.3 Å². The van der Waals surface area contributed by atoms with Crippen molar-refractivity contribution in [2.45, 2.75) is 26.8 Å². The standard InChI is InChI=1S/C17H18N6O2S/c1-10-6-11(2)23(20-10)15-5-4-13(7-18-15)16-19-17(25-21-16)14-8-26-9-22(14)12(3)24/h4-7,14H,8-9H2,1-3H3. The Kier molecular flexibility index (Phi) is 4.23. The molecule has 3 aromatic heterocycles. The smallest absolute Gasteiger partial charge is 0.250 e. The lowest BCUT2D eigenvalue weighted by Gasteiger charge is -2.18. The van der Waals surface area contributed by atoms with Crippen molar-refractivity contribution in [2.24, 2.45) is 0 Å². The van der Waals surface area contributed by atoms with Crippen LogP contribution in [-0.2, 0) is 4.79 Å². The Morgan fingerprint density at radius 1 is 1.35 bits per heavy atom. The molecule has 1 aliphatic heterocycles. The minimum atomic E-state index is -0.166. The number of pyridine rings is 1. The second-order valence-electron chi connectivity index (χ2n) is 6.20. The van der Waals surface area contributed by atoms with Crippen molar-refractivity contribution in [3.8, 4) is 17.2 Å². The van der Waals surface area contributed by atoms with Crippen LogP contribution in [0.5, 0.6) is 0 Å². The first-order chi connectivity index (χ1) is 12.5. The fraction of sp³-hybridized carbons (Fsp3) is 0.353. The molecular formula is C17H18N6O2S. The van der Waals surface area contributed by atoms with Crippen LogP contribution in [0.4, 0.5) is 0 Å². The second-order valence-corrected chi connectivity index (χ2v) is 7.20. The number of nitrogens with zero attached hydrogens (tertiary/aromatic N) is 6. The van der Waals surface area contributed by atoms with Gasteiger partial charge in [0.05, 0.1) is 11.6 Å². The maximum absolute atomic E-state index is 11.7. The van der Waals surface area contributed by atoms with Crippen LogP contribution in [0.25, 0.3) is 17.2 Å². The fourth-order valence-corrected chi connectivity index (χ4v) is 4.16. The van der Waals surface area contributed by atoms with Gasteiger partial charge in [-0.2, -0.15) is 10.1 Å². The highest BCUT2D eigenvalue weighted by Crippen LogP contribution is 2.33. The Morgan fingerprint density at radius 3 is 2.85 bits per heavy atom. The molecule has 0 aliphatic carbocycles. The van der Waals surface area contributed by atoms with Gasteiger partial charge in [0.25, 0.3) is 5.89 Å². The minimum absolute atomic E-state index is 0.00987. The highest BCUT2D eigenvalue weighted by Gasteiger charge is 2.33. The van der Waals surface area contributed by atoms with Crippen molar-refractivity contribution >= 4 is 17.7 Å². The zero-order chi connectivity index (χ0) is 18.3. The summed E-state index contributed by atoms with van der Waals surface area (Å²) < 4.78 is 7.20. The van der Waals surface area contributed by atoms with Gasteiger partial charge in [-0.25, -0.2) is 9.67 Å². The van der Waals surface area contributed by atoms with Gasteiger partial charge in [-0.05, 0) is 32.0 Å². The van der Waals surface area contributed by atoms with E-state index in [1.54, 1.807) is 34.5 Å². The van der Waals surface area contributed by atoms with Crippen LogP contribution >= 0.6 is 11.8 Å². The lowest BCUT2D eigenvalue weighted by atomic mass is 10.2. The van der Waals surface area contributed by atoms with Crippen LogP contribution in [0.1, 0.15) is 30.2 Å². The van der Waals surface area contributed by atoms with Gasteiger partial charge in [-0.3, -0.25) is 4.79 Å². The third-order valence-corrected chi connectivity index (χ3v) is 5.26. The van der Waals surface area contributed by atoms with Gasteiger partial charge < -0.3 is 9.42 Å². The number of rotatable bonds is 3. The van der Waals surface area contributed by atoms with Gasteiger partial charge in [0.15, 0.2) is 5.82 Å². The first kappa shape index (κ1) is 16.8. The quantitative estimate of drug-likeness (QED) is 0.700. The van der Waals surface area contributed by atoms with Gasteiger partial charge in [-0.15, -0.1) is 11.8 Å². The lowest BCUT2D eigenvalue weighted by Crippen LogP contribution is -2.28. The van der Waals surface area contributed by atoms with E-state index in [0.717, 1.165) is 28.5 Å². The van der Waals surface area contributed by atoms with Crippen molar-refractivity contribution in [2.75, 3.05) is 11.6 Å². The highest BCUT2D eigenvalue weighted by molar-refractivity contribution is 7.99. The Balaban J connectivity index is 1.58. The SMILES string of the molecule is CC(=O)N1CSCC1c1nc(-c2ccc(-n3nc(C)cc3C)nc2)no1. The number of carbonyl (C=O) groups is 1. The summed E-state index contributed by atoms with van der Waals surface area (Å²) in [4.78, 5) is 22.4. The molecule has 26 heavy (non-hydrogen) atoms. The molecule has 1 aliphatic rings. The van der Waals surface area contributed by atoms with E-state index in [2.05, 4.69) is 20.2 Å². The van der Waals surface area contributed by atoms with Crippen LogP contribution in [0.3, 0.4) is 0 Å². The molecule has 0 bridgehead atoms. The normalized spacial score (nSPS) is 17.0. The predicted molar refractivity (Wildman–Crippen MR) is 96.7 cm³/mol. The molecule has 0 spiro atoms. The van der Waals surface area contributed by atoms with Crippen molar-refractivity contribution < 1.29 is 9.32 Å². The topological polar surface area (TPSA) is 89.9 Å². The monoisotopic (exact) mass is 370 g/mol. The Bertz CT molecular complexity index is 949. The van der Waals surface area contributed by atoms with Crippen molar-refractivity contribution in [1.29, 1.82) is 0 Å². The summed E-state index contributed by atoms with van der Waals surface area (Å²) in [6.07, 6.45) is 1.70. The summed E-state index contributed by atoms with van der Waals surface area (Å²) in [6, 6.07) is 5.60. The number of thioether (sulfide) groups is 1. The first-order valence-electron chi connectivity index (χ1n) is 8.21. The van der Waals surface area contributed by atoms with Gasteiger partial charge in [-0.1, -0.05) is 5.16 Å². The predicted octanol–water partition coefficient (Wildman–Crippen LogP) is 2.53. The molecule has 1 unspecified atom stereocenters. The largest absolute Gasteiger partial charge is 0.337 e. The molecule has 134 valence electrons. The molecule has 8 nitrogen and oxygen atoms in total. The van der Waals surface area contributed by atoms with E-state index in [4.69, 9.17) is 4.52 Å². The number of aryl methyl sites for hydroxylation is 2. The van der Waals surface area contributed by atoms with E-state index in [1.165, 1.54) is 0 Å². The molecular weight excluding hydrogens is 352 g/mol. The maximum atomic E-state index is 11.7. The van der Waals surface area contributed by atoms with Crippen LogP contribution in [0.15, 0.2) is 28.9 Å². The number of amides is 1. The summed E-state index contributed by atoms with van der Waals surface area (Å²) in [7, 11) is 0. The second kappa shape index (κ2) is 6.56. The molecule has 4 rings (SSSR count). The summed E-state index contributed by atoms with van der Waals surface area (Å²) in [5, 5.41) is 8.48. The van der Waals surface area contributed by atoms with Crippen molar-refractivity contribution in [3.63, 3.8) is 0 Å². The summed E-state index contributed by atoms with van der Waals surface area (Å²) >= 11 is 1.68. The minimum Gasteiger partial charge on any atom is -0.337 e. The van der Waals surface area contributed by atoms with Crippen molar-refractivity contribution in [3.05, 3.63) is 41.7 Å². The Morgan fingerprint density at radius 2 is 2.19 bits per heavy atom. The zero-order valence-corrected chi connectivity index (χ0v) is 15.5. The molecule has 0 saturated carbocycles. The third-order valence-electron chi connectivity index (χ3n) is 4.25. The van der Waals surface area contributed by atoms with E-state index in [9.17, 15) is 4.79 Å². The summed E-state index contributed by atoms with van der Waals surface area (Å²) in [5.74, 6) is 3.08. The van der Waals surface area contributed by atoms with Crippen LogP contribution in [0.2, 0.25) is 0 Å². The molecule has 0 N–H and O–H groups in total. The fourth-order valence-electron chi connectivity index (χ4n) is 2.95. The molecule has 4 heterocycles. The van der Waals surface area contributed by atoms with E-state index in [1.807, 2.05) is 32.0 Å². The van der Waals surface area contributed by atoms with Crippen molar-refractivity contribution in [1.82, 2.24) is 29.8 Å². The molecule has 1 fully saturated rings. The van der Waals surface area contributed by atoms with E-state index in [0.29, 0.717) is 17.6 Å². The van der Waals surface area contributed by atoms with E-state index >= 15 is 0 Å². The van der Waals surface area contributed by atoms with Gasteiger partial charge in [0.1, 0.15) is 6.04 Å². The molecule has 1 atom stereocenters. The van der Waals surface area contributed by atoms with Crippen LogP contribution < -0.4 is 0 Å². The third kappa shape index (κ3) is 2.98. The Labute approximate surface area is 154 Å². The zero-order valence-electron chi connectivity index (χ0n) is 14.7.